The maximum Gasteiger partial charge on any atom is 0.134 e. The molecule has 0 saturated heterocycles. The molecule has 0 radical (unpaired) electrons. The molecular weight excluding hydrogens is 246 g/mol. The van der Waals surface area contributed by atoms with E-state index in [9.17, 15) is 0 Å². The number of fused-ring (bicyclic) bond motifs is 1. The lowest BCUT2D eigenvalue weighted by atomic mass is 9.96. The molecule has 1 heterocycles. The second-order valence-corrected chi connectivity index (χ2v) is 6.06. The minimum absolute atomic E-state index is 0.684. The summed E-state index contributed by atoms with van der Waals surface area (Å²) in [6.45, 7) is 3.02. The normalized spacial score (nSPS) is 18.1. The Hall–Kier alpha value is -1.28. The minimum atomic E-state index is 0.684. The number of nitrogens with one attached hydrogen (secondary N) is 1. The SMILES string of the molecule is Cc1oc2ccccc2c1CNC1CCCCCCC1. The Balaban J connectivity index is 1.68. The van der Waals surface area contributed by atoms with Crippen molar-refractivity contribution in [2.75, 3.05) is 0 Å². The number of rotatable bonds is 3. The number of furan rings is 1. The van der Waals surface area contributed by atoms with Gasteiger partial charge < -0.3 is 9.73 Å². The van der Waals surface area contributed by atoms with Crippen LogP contribution >= 0.6 is 0 Å². The van der Waals surface area contributed by atoms with E-state index in [2.05, 4.69) is 30.4 Å². The third-order valence-corrected chi connectivity index (χ3v) is 4.57. The van der Waals surface area contributed by atoms with Gasteiger partial charge in [-0.3, -0.25) is 0 Å². The Morgan fingerprint density at radius 3 is 2.55 bits per heavy atom. The van der Waals surface area contributed by atoms with Crippen LogP contribution in [0.5, 0.6) is 0 Å². The van der Waals surface area contributed by atoms with Crippen molar-refractivity contribution >= 4 is 11.0 Å². The number of hydrogen-bond donors (Lipinski definition) is 1. The molecule has 108 valence electrons. The van der Waals surface area contributed by atoms with Gasteiger partial charge in [0.15, 0.2) is 0 Å². The van der Waals surface area contributed by atoms with E-state index < -0.39 is 0 Å². The second kappa shape index (κ2) is 6.45. The highest BCUT2D eigenvalue weighted by molar-refractivity contribution is 5.82. The summed E-state index contributed by atoms with van der Waals surface area (Å²) in [5.41, 5.74) is 2.35. The van der Waals surface area contributed by atoms with Crippen LogP contribution < -0.4 is 5.32 Å². The Bertz CT molecular complexity index is 550. The predicted molar refractivity (Wildman–Crippen MR) is 83.9 cm³/mol. The third-order valence-electron chi connectivity index (χ3n) is 4.57. The third kappa shape index (κ3) is 3.06. The van der Waals surface area contributed by atoms with Crippen molar-refractivity contribution in [3.63, 3.8) is 0 Å². The highest BCUT2D eigenvalue weighted by Gasteiger charge is 2.14. The Morgan fingerprint density at radius 2 is 1.75 bits per heavy atom. The van der Waals surface area contributed by atoms with Gasteiger partial charge >= 0.3 is 0 Å². The number of para-hydroxylation sites is 1. The van der Waals surface area contributed by atoms with E-state index in [-0.39, 0.29) is 0 Å². The molecular formula is C18H25NO. The molecule has 1 aliphatic rings. The van der Waals surface area contributed by atoms with Crippen LogP contribution in [0, 0.1) is 6.92 Å². The first-order valence-corrected chi connectivity index (χ1v) is 8.05. The lowest BCUT2D eigenvalue weighted by Gasteiger charge is -2.21. The molecule has 1 saturated carbocycles. The smallest absolute Gasteiger partial charge is 0.134 e. The van der Waals surface area contributed by atoms with E-state index >= 15 is 0 Å². The zero-order chi connectivity index (χ0) is 13.8. The van der Waals surface area contributed by atoms with Crippen molar-refractivity contribution in [3.05, 3.63) is 35.6 Å². The van der Waals surface area contributed by atoms with Crippen LogP contribution in [0.15, 0.2) is 28.7 Å². The van der Waals surface area contributed by atoms with Gasteiger partial charge in [-0.2, -0.15) is 0 Å². The molecule has 0 aliphatic heterocycles. The predicted octanol–water partition coefficient (Wildman–Crippen LogP) is 4.94. The van der Waals surface area contributed by atoms with Crippen molar-refractivity contribution < 1.29 is 4.42 Å². The maximum atomic E-state index is 5.84. The zero-order valence-electron chi connectivity index (χ0n) is 12.5. The van der Waals surface area contributed by atoms with Crippen LogP contribution in [-0.2, 0) is 6.54 Å². The molecule has 20 heavy (non-hydrogen) atoms. The van der Waals surface area contributed by atoms with E-state index in [0.29, 0.717) is 6.04 Å². The fourth-order valence-electron chi connectivity index (χ4n) is 3.35. The summed E-state index contributed by atoms with van der Waals surface area (Å²) < 4.78 is 5.84. The van der Waals surface area contributed by atoms with Gasteiger partial charge in [0.2, 0.25) is 0 Å². The fraction of sp³-hybridized carbons (Fsp3) is 0.556. The molecule has 1 fully saturated rings. The number of hydrogen-bond acceptors (Lipinski definition) is 2. The Kier molecular flexibility index (Phi) is 4.41. The molecule has 1 N–H and O–H groups in total. The van der Waals surface area contributed by atoms with Crippen molar-refractivity contribution in [2.24, 2.45) is 0 Å². The summed E-state index contributed by atoms with van der Waals surface area (Å²) in [5, 5.41) is 5.03. The lowest BCUT2D eigenvalue weighted by Crippen LogP contribution is -2.29. The van der Waals surface area contributed by atoms with Crippen molar-refractivity contribution in [3.8, 4) is 0 Å². The van der Waals surface area contributed by atoms with E-state index in [4.69, 9.17) is 4.42 Å². The summed E-state index contributed by atoms with van der Waals surface area (Å²) in [7, 11) is 0. The lowest BCUT2D eigenvalue weighted by molar-refractivity contribution is 0.388. The van der Waals surface area contributed by atoms with Gasteiger partial charge in [0.25, 0.3) is 0 Å². The minimum Gasteiger partial charge on any atom is -0.461 e. The summed E-state index contributed by atoms with van der Waals surface area (Å²) in [4.78, 5) is 0. The maximum absolute atomic E-state index is 5.84. The first-order valence-electron chi connectivity index (χ1n) is 8.05. The van der Waals surface area contributed by atoms with Crippen molar-refractivity contribution in [1.29, 1.82) is 0 Å². The molecule has 0 atom stereocenters. The highest BCUT2D eigenvalue weighted by atomic mass is 16.3. The van der Waals surface area contributed by atoms with E-state index in [1.165, 1.54) is 55.9 Å². The molecule has 2 heteroatoms. The summed E-state index contributed by atoms with van der Waals surface area (Å²) in [6.07, 6.45) is 9.66. The molecule has 0 bridgehead atoms. The quantitative estimate of drug-likeness (QED) is 0.855. The fourth-order valence-corrected chi connectivity index (χ4v) is 3.35. The molecule has 2 nitrogen and oxygen atoms in total. The van der Waals surface area contributed by atoms with Gasteiger partial charge in [-0.05, 0) is 25.8 Å². The van der Waals surface area contributed by atoms with Crippen molar-refractivity contribution in [1.82, 2.24) is 5.32 Å². The van der Waals surface area contributed by atoms with Gasteiger partial charge in [-0.25, -0.2) is 0 Å². The second-order valence-electron chi connectivity index (χ2n) is 6.06. The molecule has 1 aliphatic carbocycles. The van der Waals surface area contributed by atoms with Gasteiger partial charge in [-0.1, -0.05) is 50.3 Å². The average molecular weight is 271 g/mol. The van der Waals surface area contributed by atoms with Crippen molar-refractivity contribution in [2.45, 2.75) is 64.5 Å². The average Bonchev–Trinajstić information content (AvgIpc) is 2.73. The molecule has 0 unspecified atom stereocenters. The Labute approximate surface area is 121 Å². The van der Waals surface area contributed by atoms with Crippen LogP contribution in [0.25, 0.3) is 11.0 Å². The molecule has 1 aromatic heterocycles. The van der Waals surface area contributed by atoms with Crippen LogP contribution in [-0.4, -0.2) is 6.04 Å². The van der Waals surface area contributed by atoms with E-state index in [1.54, 1.807) is 0 Å². The van der Waals surface area contributed by atoms with Crippen LogP contribution in [0.4, 0.5) is 0 Å². The van der Waals surface area contributed by atoms with Crippen LogP contribution in [0.3, 0.4) is 0 Å². The monoisotopic (exact) mass is 271 g/mol. The molecule has 0 spiro atoms. The van der Waals surface area contributed by atoms with E-state index in [1.807, 2.05) is 6.07 Å². The first-order chi connectivity index (χ1) is 9.84. The zero-order valence-corrected chi connectivity index (χ0v) is 12.5. The standard InChI is InChI=1S/C18H25NO/c1-14-17(16-11-7-8-12-18(16)20-14)13-19-15-9-5-3-2-4-6-10-15/h7-8,11-12,15,19H,2-6,9-10,13H2,1H3. The largest absolute Gasteiger partial charge is 0.461 e. The molecule has 2 aromatic rings. The number of aryl methyl sites for hydroxylation is 1. The molecule has 0 amide bonds. The molecule has 3 rings (SSSR count). The van der Waals surface area contributed by atoms with Gasteiger partial charge in [0.05, 0.1) is 0 Å². The highest BCUT2D eigenvalue weighted by Crippen LogP contribution is 2.25. The summed E-state index contributed by atoms with van der Waals surface area (Å²) in [5.74, 6) is 1.06. The topological polar surface area (TPSA) is 25.2 Å². The summed E-state index contributed by atoms with van der Waals surface area (Å²) >= 11 is 0. The summed E-state index contributed by atoms with van der Waals surface area (Å²) in [6, 6.07) is 9.04. The first kappa shape index (κ1) is 13.7. The van der Waals surface area contributed by atoms with Gasteiger partial charge in [0.1, 0.15) is 11.3 Å². The van der Waals surface area contributed by atoms with Crippen LogP contribution in [0.1, 0.15) is 56.3 Å². The van der Waals surface area contributed by atoms with E-state index in [0.717, 1.165) is 17.9 Å². The van der Waals surface area contributed by atoms with Crippen LogP contribution in [0.2, 0.25) is 0 Å². The Morgan fingerprint density at radius 1 is 1.05 bits per heavy atom. The molecule has 1 aromatic carbocycles. The van der Waals surface area contributed by atoms with Gasteiger partial charge in [-0.15, -0.1) is 0 Å². The number of benzene rings is 1. The van der Waals surface area contributed by atoms with Gasteiger partial charge in [0, 0.05) is 23.5 Å².